The second-order valence-electron chi connectivity index (χ2n) is 4.83. The molecule has 0 aromatic carbocycles. The molecule has 0 aliphatic heterocycles. The Hall–Kier alpha value is -0.0100. The molecule has 0 saturated carbocycles. The van der Waals surface area contributed by atoms with Crippen LogP contribution < -0.4 is 0 Å². The van der Waals surface area contributed by atoms with Crippen LogP contribution in [0.15, 0.2) is 11.6 Å². The van der Waals surface area contributed by atoms with Crippen molar-refractivity contribution in [3.05, 3.63) is 11.6 Å². The molecule has 0 heterocycles. The minimum atomic E-state index is 0. The van der Waals surface area contributed by atoms with Crippen molar-refractivity contribution in [3.63, 3.8) is 0 Å². The highest BCUT2D eigenvalue weighted by Crippen LogP contribution is 2.05. The van der Waals surface area contributed by atoms with Gasteiger partial charge < -0.3 is 0 Å². The summed E-state index contributed by atoms with van der Waals surface area (Å²) in [6.07, 6.45) is 10.4. The average molecular weight is 262 g/mol. The van der Waals surface area contributed by atoms with Crippen LogP contribution in [0, 0.1) is 0 Å². The Morgan fingerprint density at radius 2 is 1.41 bits per heavy atom. The molecule has 0 fully saturated rings. The van der Waals surface area contributed by atoms with Crippen LogP contribution in [0.3, 0.4) is 0 Å². The highest BCUT2D eigenvalue weighted by molar-refractivity contribution is 5.85. The first kappa shape index (κ1) is 19.3. The lowest BCUT2D eigenvalue weighted by Crippen LogP contribution is -2.27. The number of rotatable bonds is 10. The van der Waals surface area contributed by atoms with Crippen molar-refractivity contribution in [2.24, 2.45) is 0 Å². The molecule has 2 heteroatoms. The summed E-state index contributed by atoms with van der Waals surface area (Å²) in [5.74, 6) is 0. The van der Waals surface area contributed by atoms with Crippen LogP contribution in [0.5, 0.6) is 0 Å². The van der Waals surface area contributed by atoms with Crippen LogP contribution in [-0.4, -0.2) is 24.5 Å². The van der Waals surface area contributed by atoms with Gasteiger partial charge in [0.25, 0.3) is 0 Å². The topological polar surface area (TPSA) is 3.24 Å². The maximum atomic E-state index is 2.63. The van der Waals surface area contributed by atoms with Crippen molar-refractivity contribution in [3.8, 4) is 0 Å². The molecule has 0 aliphatic rings. The predicted molar refractivity (Wildman–Crippen MR) is 82.2 cm³/mol. The predicted octanol–water partition coefficient (Wildman–Crippen LogP) is 5.06. The Balaban J connectivity index is 0. The Morgan fingerprint density at radius 1 is 0.941 bits per heavy atom. The third-order valence-corrected chi connectivity index (χ3v) is 3.12. The van der Waals surface area contributed by atoms with E-state index >= 15 is 0 Å². The van der Waals surface area contributed by atoms with E-state index in [0.29, 0.717) is 0 Å². The van der Waals surface area contributed by atoms with Gasteiger partial charge in [-0.15, -0.1) is 12.4 Å². The molecule has 1 nitrogen and oxygen atoms in total. The van der Waals surface area contributed by atoms with Crippen LogP contribution in [0.4, 0.5) is 0 Å². The second kappa shape index (κ2) is 14.1. The van der Waals surface area contributed by atoms with Gasteiger partial charge in [0.05, 0.1) is 0 Å². The summed E-state index contributed by atoms with van der Waals surface area (Å²) >= 11 is 0. The zero-order chi connectivity index (χ0) is 12.2. The summed E-state index contributed by atoms with van der Waals surface area (Å²) in [4.78, 5) is 2.63. The quantitative estimate of drug-likeness (QED) is 0.393. The normalized spacial score (nSPS) is 11.7. The van der Waals surface area contributed by atoms with E-state index in [-0.39, 0.29) is 12.4 Å². The summed E-state index contributed by atoms with van der Waals surface area (Å²) in [6, 6.07) is 0. The first-order valence-corrected chi connectivity index (χ1v) is 7.08. The van der Waals surface area contributed by atoms with E-state index in [1.54, 1.807) is 0 Å². The zero-order valence-electron chi connectivity index (χ0n) is 12.3. The van der Waals surface area contributed by atoms with Gasteiger partial charge in [0.2, 0.25) is 0 Å². The number of unbranched alkanes of at least 4 members (excludes halogenated alkanes) is 4. The van der Waals surface area contributed by atoms with Crippen LogP contribution in [-0.2, 0) is 0 Å². The molecule has 0 rings (SSSR count). The maximum absolute atomic E-state index is 2.63. The van der Waals surface area contributed by atoms with E-state index in [1.165, 1.54) is 63.7 Å². The number of nitrogens with zero attached hydrogens (tertiary/aromatic N) is 1. The van der Waals surface area contributed by atoms with Crippen molar-refractivity contribution in [1.29, 1.82) is 0 Å². The monoisotopic (exact) mass is 261 g/mol. The molecule has 17 heavy (non-hydrogen) atoms. The van der Waals surface area contributed by atoms with Crippen molar-refractivity contribution in [2.75, 3.05) is 19.6 Å². The molecule has 0 bridgehead atoms. The molecule has 104 valence electrons. The van der Waals surface area contributed by atoms with Crippen molar-refractivity contribution >= 4 is 12.4 Å². The lowest BCUT2D eigenvalue weighted by atomic mass is 10.2. The molecule has 0 aromatic rings. The fourth-order valence-corrected chi connectivity index (χ4v) is 1.88. The molecule has 0 spiro atoms. The van der Waals surface area contributed by atoms with E-state index < -0.39 is 0 Å². The second-order valence-corrected chi connectivity index (χ2v) is 4.83. The Morgan fingerprint density at radius 3 is 1.76 bits per heavy atom. The Kier molecular flexibility index (Phi) is 16.0. The lowest BCUT2D eigenvalue weighted by molar-refractivity contribution is 0.282. The number of hydrogen-bond acceptors (Lipinski definition) is 1. The van der Waals surface area contributed by atoms with Gasteiger partial charge in [-0.2, -0.15) is 0 Å². The van der Waals surface area contributed by atoms with Crippen molar-refractivity contribution < 1.29 is 0 Å². The highest BCUT2D eigenvalue weighted by atomic mass is 35.5. The largest absolute Gasteiger partial charge is 0.299 e. The summed E-state index contributed by atoms with van der Waals surface area (Å²) < 4.78 is 0. The van der Waals surface area contributed by atoms with E-state index in [2.05, 4.69) is 38.7 Å². The van der Waals surface area contributed by atoms with E-state index in [9.17, 15) is 0 Å². The molecule has 0 radical (unpaired) electrons. The van der Waals surface area contributed by atoms with Gasteiger partial charge in [-0.1, -0.05) is 51.2 Å². The zero-order valence-corrected chi connectivity index (χ0v) is 13.1. The van der Waals surface area contributed by atoms with Crippen molar-refractivity contribution in [2.45, 2.75) is 66.2 Å². The van der Waals surface area contributed by atoms with Gasteiger partial charge >= 0.3 is 0 Å². The molecule has 0 amide bonds. The smallest absolute Gasteiger partial charge is 0.0189 e. The lowest BCUT2D eigenvalue weighted by Gasteiger charge is -2.22. The van der Waals surface area contributed by atoms with E-state index in [1.807, 2.05) is 0 Å². The summed E-state index contributed by atoms with van der Waals surface area (Å²) in [5, 5.41) is 0. The average Bonchev–Trinajstić information content (AvgIpc) is 2.29. The summed E-state index contributed by atoms with van der Waals surface area (Å²) in [7, 11) is 0. The number of halogens is 1. The fourth-order valence-electron chi connectivity index (χ4n) is 1.88. The molecule has 0 aliphatic carbocycles. The SMILES string of the molecule is C/C=C(\C)CN(CCCCC)CCCCC.Cl. The Bertz CT molecular complexity index is 168. The van der Waals surface area contributed by atoms with Gasteiger partial charge in [0.1, 0.15) is 0 Å². The van der Waals surface area contributed by atoms with E-state index in [4.69, 9.17) is 0 Å². The minimum Gasteiger partial charge on any atom is -0.299 e. The molecular formula is C15H32ClN. The molecule has 0 atom stereocenters. The Labute approximate surface area is 115 Å². The van der Waals surface area contributed by atoms with Crippen molar-refractivity contribution in [1.82, 2.24) is 4.90 Å². The number of allylic oxidation sites excluding steroid dienone is 1. The summed E-state index contributed by atoms with van der Waals surface area (Å²) in [5.41, 5.74) is 1.51. The van der Waals surface area contributed by atoms with E-state index in [0.717, 1.165) is 0 Å². The van der Waals surface area contributed by atoms with Crippen LogP contribution in [0.1, 0.15) is 66.2 Å². The van der Waals surface area contributed by atoms with Gasteiger partial charge in [0.15, 0.2) is 0 Å². The van der Waals surface area contributed by atoms with Gasteiger partial charge in [-0.3, -0.25) is 4.90 Å². The molecule has 0 N–H and O–H groups in total. The molecule has 0 unspecified atom stereocenters. The standard InChI is InChI=1S/C15H31N.ClH/c1-5-8-10-12-16(13-11-9-6-2)14-15(4)7-3;/h7H,5-6,8-14H2,1-4H3;1H/b15-7+;. The third kappa shape index (κ3) is 12.2. The molecular weight excluding hydrogens is 230 g/mol. The van der Waals surface area contributed by atoms with Gasteiger partial charge in [0, 0.05) is 6.54 Å². The van der Waals surface area contributed by atoms with Crippen LogP contribution in [0.25, 0.3) is 0 Å². The van der Waals surface area contributed by atoms with Crippen LogP contribution in [0.2, 0.25) is 0 Å². The van der Waals surface area contributed by atoms with Crippen LogP contribution >= 0.6 is 12.4 Å². The summed E-state index contributed by atoms with van der Waals surface area (Å²) in [6.45, 7) is 12.7. The number of hydrogen-bond donors (Lipinski definition) is 0. The minimum absolute atomic E-state index is 0. The fraction of sp³-hybridized carbons (Fsp3) is 0.867. The van der Waals surface area contributed by atoms with Gasteiger partial charge in [-0.05, 0) is 39.8 Å². The maximum Gasteiger partial charge on any atom is 0.0189 e. The first-order valence-electron chi connectivity index (χ1n) is 7.08. The third-order valence-electron chi connectivity index (χ3n) is 3.12. The first-order chi connectivity index (χ1) is 7.74. The van der Waals surface area contributed by atoms with Gasteiger partial charge in [-0.25, -0.2) is 0 Å². The molecule has 0 saturated heterocycles. The highest BCUT2D eigenvalue weighted by Gasteiger charge is 2.04. The molecule has 0 aromatic heterocycles.